The van der Waals surface area contributed by atoms with E-state index in [1.165, 1.54) is 9.87 Å². The summed E-state index contributed by atoms with van der Waals surface area (Å²) in [6, 6.07) is 12.8. The second kappa shape index (κ2) is 9.06. The average molecular weight is 449 g/mol. The van der Waals surface area contributed by atoms with Crippen LogP contribution in [0.25, 0.3) is 0 Å². The van der Waals surface area contributed by atoms with Gasteiger partial charge in [-0.1, -0.05) is 35.9 Å². The van der Waals surface area contributed by atoms with Crippen LogP contribution >= 0.6 is 11.6 Å². The second-order valence-corrected chi connectivity index (χ2v) is 10.00. The minimum atomic E-state index is -3.54. The van der Waals surface area contributed by atoms with Crippen molar-refractivity contribution in [2.75, 3.05) is 32.8 Å². The Balaban J connectivity index is 1.30. The summed E-state index contributed by atoms with van der Waals surface area (Å²) in [5.41, 5.74) is 3.22. The largest absolute Gasteiger partial charge is 0.367 e. The number of rotatable bonds is 6. The number of hydrogen-bond acceptors (Lipinski definition) is 4. The number of carbonyl (C=O) groups excluding carboxylic acids is 1. The molecule has 30 heavy (non-hydrogen) atoms. The number of sulfonamides is 1. The molecule has 1 fully saturated rings. The molecule has 0 atom stereocenters. The molecule has 2 aromatic carbocycles. The highest BCUT2D eigenvalue weighted by atomic mass is 35.5. The molecule has 0 aromatic heterocycles. The van der Waals surface area contributed by atoms with Crippen molar-refractivity contribution in [3.05, 3.63) is 64.2 Å². The van der Waals surface area contributed by atoms with Crippen LogP contribution in [0, 0.1) is 0 Å². The van der Waals surface area contributed by atoms with E-state index in [4.69, 9.17) is 16.3 Å². The zero-order valence-corrected chi connectivity index (χ0v) is 18.3. The highest BCUT2D eigenvalue weighted by Crippen LogP contribution is 2.26. The van der Waals surface area contributed by atoms with Crippen molar-refractivity contribution in [1.29, 1.82) is 0 Å². The first-order chi connectivity index (χ1) is 14.4. The molecule has 2 aliphatic rings. The minimum Gasteiger partial charge on any atom is -0.367 e. The van der Waals surface area contributed by atoms with Gasteiger partial charge >= 0.3 is 0 Å². The third kappa shape index (κ3) is 4.54. The van der Waals surface area contributed by atoms with Crippen LogP contribution in [0.4, 0.5) is 0 Å². The predicted octanol–water partition coefficient (Wildman–Crippen LogP) is 2.88. The number of fused-ring (bicyclic) bond motifs is 1. The van der Waals surface area contributed by atoms with Gasteiger partial charge in [-0.15, -0.1) is 0 Å². The van der Waals surface area contributed by atoms with Gasteiger partial charge in [0.2, 0.25) is 15.9 Å². The maximum Gasteiger partial charge on any atom is 0.248 e. The van der Waals surface area contributed by atoms with Gasteiger partial charge in [-0.2, -0.15) is 4.31 Å². The second-order valence-electron chi connectivity index (χ2n) is 7.65. The highest BCUT2D eigenvalue weighted by Gasteiger charge is 2.30. The lowest BCUT2D eigenvalue weighted by atomic mass is 10.1. The molecule has 6 nitrogen and oxygen atoms in total. The molecule has 160 valence electrons. The van der Waals surface area contributed by atoms with Gasteiger partial charge in [0, 0.05) is 31.2 Å². The molecule has 1 heterocycles. The minimum absolute atomic E-state index is 0.0528. The summed E-state index contributed by atoms with van der Waals surface area (Å²) in [5.74, 6) is -0.142. The molecule has 4 rings (SSSR count). The molecule has 0 saturated carbocycles. The Morgan fingerprint density at radius 1 is 1.00 bits per heavy atom. The van der Waals surface area contributed by atoms with Crippen LogP contribution in [0.3, 0.4) is 0 Å². The third-order valence-corrected chi connectivity index (χ3v) is 8.00. The summed E-state index contributed by atoms with van der Waals surface area (Å²) < 4.78 is 33.0. The summed E-state index contributed by atoms with van der Waals surface area (Å²) >= 11 is 6.09. The Kier molecular flexibility index (Phi) is 6.43. The molecule has 0 unspecified atom stereocenters. The number of halogens is 1. The monoisotopic (exact) mass is 448 g/mol. The van der Waals surface area contributed by atoms with E-state index in [2.05, 4.69) is 0 Å². The number of carbonyl (C=O) groups is 1. The predicted molar refractivity (Wildman–Crippen MR) is 115 cm³/mol. The number of ether oxygens (including phenoxy) is 1. The van der Waals surface area contributed by atoms with Crippen molar-refractivity contribution in [3.63, 3.8) is 0 Å². The topological polar surface area (TPSA) is 66.9 Å². The number of benzene rings is 2. The van der Waals surface area contributed by atoms with Gasteiger partial charge in [-0.25, -0.2) is 8.42 Å². The first kappa shape index (κ1) is 21.3. The van der Waals surface area contributed by atoms with Crippen molar-refractivity contribution in [2.24, 2.45) is 0 Å². The number of aryl methyl sites for hydroxylation is 2. The number of nitrogens with zero attached hydrogens (tertiary/aromatic N) is 2. The van der Waals surface area contributed by atoms with Crippen LogP contribution in [-0.2, 0) is 39.0 Å². The van der Waals surface area contributed by atoms with E-state index in [1.807, 2.05) is 30.3 Å². The Hall–Kier alpha value is -1.93. The fourth-order valence-corrected chi connectivity index (χ4v) is 5.65. The van der Waals surface area contributed by atoms with Gasteiger partial charge in [0.15, 0.2) is 0 Å². The molecule has 0 radical (unpaired) electrons. The maximum atomic E-state index is 13.0. The molecule has 2 aromatic rings. The molecule has 1 aliphatic carbocycles. The van der Waals surface area contributed by atoms with E-state index in [0.717, 1.165) is 30.4 Å². The Bertz CT molecular complexity index is 1030. The Labute approximate surface area is 182 Å². The molecule has 1 aliphatic heterocycles. The summed E-state index contributed by atoms with van der Waals surface area (Å²) in [5, 5.41) is 0.607. The van der Waals surface area contributed by atoms with Crippen molar-refractivity contribution < 1.29 is 17.9 Å². The molecule has 0 spiro atoms. The smallest absolute Gasteiger partial charge is 0.248 e. The van der Waals surface area contributed by atoms with Crippen LogP contribution in [0.15, 0.2) is 47.4 Å². The standard InChI is InChI=1S/C22H25ClN2O4S/c23-21-7-2-1-4-19(21)15-29-16-22(26)24-10-12-25(13-11-24)30(27,28)20-9-8-17-5-3-6-18(17)14-20/h1-2,4,7-9,14H,3,5-6,10-13,15-16H2. The Morgan fingerprint density at radius 2 is 1.73 bits per heavy atom. The summed E-state index contributed by atoms with van der Waals surface area (Å²) in [6.07, 6.45) is 3.04. The lowest BCUT2D eigenvalue weighted by Gasteiger charge is -2.34. The van der Waals surface area contributed by atoms with Gasteiger partial charge in [-0.3, -0.25) is 4.79 Å². The van der Waals surface area contributed by atoms with Crippen molar-refractivity contribution in [1.82, 2.24) is 9.21 Å². The van der Waals surface area contributed by atoms with Gasteiger partial charge in [-0.05, 0) is 54.2 Å². The zero-order chi connectivity index (χ0) is 21.1. The maximum absolute atomic E-state index is 13.0. The molecule has 1 amide bonds. The number of piperazine rings is 1. The normalized spacial score (nSPS) is 17.2. The zero-order valence-electron chi connectivity index (χ0n) is 16.7. The summed E-state index contributed by atoms with van der Waals surface area (Å²) in [6.45, 7) is 1.50. The lowest BCUT2D eigenvalue weighted by Crippen LogP contribution is -2.51. The fourth-order valence-electron chi connectivity index (χ4n) is 3.99. The first-order valence-electron chi connectivity index (χ1n) is 10.2. The van der Waals surface area contributed by atoms with Crippen LogP contribution < -0.4 is 0 Å². The quantitative estimate of drug-likeness (QED) is 0.681. The summed E-state index contributed by atoms with van der Waals surface area (Å²) in [7, 11) is -3.54. The molecular weight excluding hydrogens is 424 g/mol. The van der Waals surface area contributed by atoms with E-state index in [-0.39, 0.29) is 32.2 Å². The van der Waals surface area contributed by atoms with Crippen molar-refractivity contribution >= 4 is 27.5 Å². The van der Waals surface area contributed by atoms with Gasteiger partial charge in [0.1, 0.15) is 6.61 Å². The molecule has 8 heteroatoms. The third-order valence-electron chi connectivity index (χ3n) is 5.74. The number of amides is 1. The molecule has 0 N–H and O–H groups in total. The summed E-state index contributed by atoms with van der Waals surface area (Å²) in [4.78, 5) is 14.4. The molecular formula is C22H25ClN2O4S. The van der Waals surface area contributed by atoms with Crippen molar-refractivity contribution in [3.8, 4) is 0 Å². The van der Waals surface area contributed by atoms with Gasteiger partial charge in [0.05, 0.1) is 11.5 Å². The van der Waals surface area contributed by atoms with Crippen LogP contribution in [0.5, 0.6) is 0 Å². The van der Waals surface area contributed by atoms with E-state index in [1.54, 1.807) is 17.0 Å². The molecule has 0 bridgehead atoms. The van der Waals surface area contributed by atoms with E-state index >= 15 is 0 Å². The Morgan fingerprint density at radius 3 is 2.50 bits per heavy atom. The van der Waals surface area contributed by atoms with Gasteiger partial charge in [0.25, 0.3) is 0 Å². The van der Waals surface area contributed by atoms with E-state index in [9.17, 15) is 13.2 Å². The van der Waals surface area contributed by atoms with E-state index in [0.29, 0.717) is 23.0 Å². The van der Waals surface area contributed by atoms with Crippen molar-refractivity contribution in [2.45, 2.75) is 30.8 Å². The van der Waals surface area contributed by atoms with E-state index < -0.39 is 10.0 Å². The lowest BCUT2D eigenvalue weighted by molar-refractivity contribution is -0.137. The van der Waals surface area contributed by atoms with Crippen LogP contribution in [0.2, 0.25) is 5.02 Å². The fraction of sp³-hybridized carbons (Fsp3) is 0.409. The molecule has 1 saturated heterocycles. The first-order valence-corrected chi connectivity index (χ1v) is 12.0. The van der Waals surface area contributed by atoms with Crippen LogP contribution in [0.1, 0.15) is 23.1 Å². The van der Waals surface area contributed by atoms with Gasteiger partial charge < -0.3 is 9.64 Å². The SMILES string of the molecule is O=C(COCc1ccccc1Cl)N1CCN(S(=O)(=O)c2ccc3c(c2)CCC3)CC1. The number of hydrogen-bond donors (Lipinski definition) is 0. The average Bonchev–Trinajstić information content (AvgIpc) is 3.23. The highest BCUT2D eigenvalue weighted by molar-refractivity contribution is 7.89. The van der Waals surface area contributed by atoms with Crippen LogP contribution in [-0.4, -0.2) is 56.3 Å².